The molecule has 2 heterocycles. The number of aromatic nitrogens is 1. The number of carbonyl (C=O) groups is 2. The van der Waals surface area contributed by atoms with E-state index < -0.39 is 5.82 Å². The van der Waals surface area contributed by atoms with Gasteiger partial charge < -0.3 is 9.64 Å². The van der Waals surface area contributed by atoms with Crippen molar-refractivity contribution in [2.24, 2.45) is 23.7 Å². The van der Waals surface area contributed by atoms with Crippen molar-refractivity contribution in [3.63, 3.8) is 0 Å². The van der Waals surface area contributed by atoms with E-state index in [4.69, 9.17) is 4.74 Å². The van der Waals surface area contributed by atoms with Crippen molar-refractivity contribution in [2.45, 2.75) is 13.8 Å². The number of likely N-dealkylation sites (tertiary alicyclic amines) is 1. The second-order valence-corrected chi connectivity index (χ2v) is 6.45. The summed E-state index contributed by atoms with van der Waals surface area (Å²) in [6.45, 7) is 5.13. The zero-order valence-electron chi connectivity index (χ0n) is 13.8. The molecule has 1 fully saturated rings. The van der Waals surface area contributed by atoms with Crippen LogP contribution in [0.3, 0.4) is 0 Å². The molecule has 0 radical (unpaired) electrons. The van der Waals surface area contributed by atoms with Crippen molar-refractivity contribution < 1.29 is 18.7 Å². The Bertz CT molecular complexity index is 676. The lowest BCUT2D eigenvalue weighted by Gasteiger charge is -2.31. The first-order valence-electron chi connectivity index (χ1n) is 8.26. The molecule has 2 aliphatic rings. The van der Waals surface area contributed by atoms with Crippen LogP contribution < -0.4 is 0 Å². The molecule has 1 saturated heterocycles. The number of hydrogen-bond acceptors (Lipinski definition) is 4. The van der Waals surface area contributed by atoms with E-state index in [2.05, 4.69) is 11.1 Å². The number of nitrogens with zero attached hydrogens (tertiary/aromatic N) is 2. The monoisotopic (exact) mass is 332 g/mol. The van der Waals surface area contributed by atoms with Gasteiger partial charge in [0, 0.05) is 19.3 Å². The van der Waals surface area contributed by atoms with Crippen molar-refractivity contribution in [3.05, 3.63) is 42.0 Å². The van der Waals surface area contributed by atoms with Crippen molar-refractivity contribution in [1.29, 1.82) is 0 Å². The minimum Gasteiger partial charge on any atom is -0.466 e. The number of pyridine rings is 1. The lowest BCUT2D eigenvalue weighted by atomic mass is 9.72. The Kier molecular flexibility index (Phi) is 4.64. The summed E-state index contributed by atoms with van der Waals surface area (Å²) in [6.07, 6.45) is 6.55. The Morgan fingerprint density at radius 3 is 2.83 bits per heavy atom. The third kappa shape index (κ3) is 3.05. The minimum absolute atomic E-state index is 0.0366. The second-order valence-electron chi connectivity index (χ2n) is 6.45. The van der Waals surface area contributed by atoms with E-state index in [1.807, 2.05) is 13.0 Å². The number of amides is 1. The van der Waals surface area contributed by atoms with Gasteiger partial charge in [-0.1, -0.05) is 19.1 Å². The molecule has 1 aliphatic carbocycles. The van der Waals surface area contributed by atoms with E-state index in [9.17, 15) is 14.0 Å². The predicted octanol–water partition coefficient (Wildman–Crippen LogP) is 2.29. The molecule has 0 saturated carbocycles. The summed E-state index contributed by atoms with van der Waals surface area (Å²) in [4.78, 5) is 30.3. The Morgan fingerprint density at radius 2 is 2.12 bits per heavy atom. The van der Waals surface area contributed by atoms with Gasteiger partial charge in [0.05, 0.1) is 24.3 Å². The summed E-state index contributed by atoms with van der Waals surface area (Å²) in [5.74, 6) is -0.989. The first-order chi connectivity index (χ1) is 11.5. The van der Waals surface area contributed by atoms with Crippen LogP contribution in [0, 0.1) is 29.5 Å². The van der Waals surface area contributed by atoms with Crippen LogP contribution in [-0.4, -0.2) is 41.5 Å². The molecule has 0 N–H and O–H groups in total. The van der Waals surface area contributed by atoms with Crippen LogP contribution in [0.15, 0.2) is 30.6 Å². The molecule has 0 bridgehead atoms. The van der Waals surface area contributed by atoms with Crippen molar-refractivity contribution in [2.75, 3.05) is 19.7 Å². The summed E-state index contributed by atoms with van der Waals surface area (Å²) in [6, 6.07) is 1.19. The van der Waals surface area contributed by atoms with Crippen LogP contribution in [0.2, 0.25) is 0 Å². The Morgan fingerprint density at radius 1 is 1.33 bits per heavy atom. The van der Waals surface area contributed by atoms with E-state index in [1.165, 1.54) is 12.3 Å². The van der Waals surface area contributed by atoms with Gasteiger partial charge in [0.25, 0.3) is 5.91 Å². The number of halogens is 1. The van der Waals surface area contributed by atoms with Crippen molar-refractivity contribution in [3.8, 4) is 0 Å². The summed E-state index contributed by atoms with van der Waals surface area (Å²) < 4.78 is 18.5. The molecule has 1 aliphatic heterocycles. The van der Waals surface area contributed by atoms with E-state index in [0.29, 0.717) is 19.7 Å². The topological polar surface area (TPSA) is 59.5 Å². The summed E-state index contributed by atoms with van der Waals surface area (Å²) in [5.41, 5.74) is 0.235. The van der Waals surface area contributed by atoms with Gasteiger partial charge in [0.1, 0.15) is 5.82 Å². The zero-order chi connectivity index (χ0) is 17.3. The first-order valence-corrected chi connectivity index (χ1v) is 8.26. The highest BCUT2D eigenvalue weighted by atomic mass is 19.1. The van der Waals surface area contributed by atoms with Crippen molar-refractivity contribution >= 4 is 11.9 Å². The van der Waals surface area contributed by atoms with Crippen LogP contribution in [0.5, 0.6) is 0 Å². The number of esters is 1. The predicted molar refractivity (Wildman–Crippen MR) is 85.5 cm³/mol. The molecule has 4 atom stereocenters. The van der Waals surface area contributed by atoms with Crippen LogP contribution in [-0.2, 0) is 9.53 Å². The normalized spacial score (nSPS) is 28.5. The third-order valence-electron chi connectivity index (χ3n) is 4.90. The first kappa shape index (κ1) is 16.6. The van der Waals surface area contributed by atoms with Gasteiger partial charge in [-0.05, 0) is 30.7 Å². The summed E-state index contributed by atoms with van der Waals surface area (Å²) in [7, 11) is 0. The molecule has 128 valence electrons. The largest absolute Gasteiger partial charge is 0.466 e. The zero-order valence-corrected chi connectivity index (χ0v) is 13.8. The molecule has 24 heavy (non-hydrogen) atoms. The Balaban J connectivity index is 1.79. The number of allylic oxidation sites excluding steroid dienone is 1. The molecule has 5 nitrogen and oxygen atoms in total. The van der Waals surface area contributed by atoms with Gasteiger partial charge in [0.2, 0.25) is 0 Å². The third-order valence-corrected chi connectivity index (χ3v) is 4.90. The van der Waals surface area contributed by atoms with Crippen molar-refractivity contribution in [1.82, 2.24) is 9.88 Å². The van der Waals surface area contributed by atoms with E-state index >= 15 is 0 Å². The highest BCUT2D eigenvalue weighted by molar-refractivity contribution is 5.94. The van der Waals surface area contributed by atoms with Gasteiger partial charge in [-0.3, -0.25) is 14.6 Å². The Hall–Kier alpha value is -2.24. The van der Waals surface area contributed by atoms with Crippen LogP contribution in [0.1, 0.15) is 24.2 Å². The molecular formula is C18H21FN2O3. The Labute approximate surface area is 140 Å². The lowest BCUT2D eigenvalue weighted by molar-refractivity contribution is -0.152. The fourth-order valence-electron chi connectivity index (χ4n) is 3.77. The molecule has 1 aromatic rings. The van der Waals surface area contributed by atoms with Crippen LogP contribution in [0.25, 0.3) is 0 Å². The number of fused-ring (bicyclic) bond motifs is 1. The molecule has 6 heteroatoms. The van der Waals surface area contributed by atoms with E-state index in [-0.39, 0.29) is 41.1 Å². The van der Waals surface area contributed by atoms with E-state index in [0.717, 1.165) is 6.20 Å². The van der Waals surface area contributed by atoms with Gasteiger partial charge in [-0.15, -0.1) is 0 Å². The smallest absolute Gasteiger partial charge is 0.309 e. The van der Waals surface area contributed by atoms with Gasteiger partial charge in [-0.2, -0.15) is 0 Å². The number of ether oxygens (including phenoxy) is 1. The second kappa shape index (κ2) is 6.71. The number of hydrogen-bond donors (Lipinski definition) is 0. The molecule has 3 rings (SSSR count). The maximum atomic E-state index is 13.3. The van der Waals surface area contributed by atoms with Gasteiger partial charge >= 0.3 is 5.97 Å². The molecular weight excluding hydrogens is 311 g/mol. The van der Waals surface area contributed by atoms with Gasteiger partial charge in [-0.25, -0.2) is 4.39 Å². The molecule has 1 aromatic heterocycles. The maximum Gasteiger partial charge on any atom is 0.309 e. The average Bonchev–Trinajstić information content (AvgIpc) is 2.98. The number of carbonyl (C=O) groups excluding carboxylic acids is 2. The fourth-order valence-corrected chi connectivity index (χ4v) is 3.77. The summed E-state index contributed by atoms with van der Waals surface area (Å²) >= 11 is 0. The highest BCUT2D eigenvalue weighted by Crippen LogP contribution is 2.40. The standard InChI is InChI=1S/C18H21FN2O3/c1-3-24-18(23)16-11(2)4-5-12-9-21(10-15(12)16)17(22)13-6-14(19)8-20-7-13/h4-8,11-12,15-16H,3,9-10H2,1-2H3/t11-,12-,15-,16-/m0/s1. The summed E-state index contributed by atoms with van der Waals surface area (Å²) in [5, 5.41) is 0. The van der Waals surface area contributed by atoms with E-state index in [1.54, 1.807) is 11.8 Å². The molecule has 1 amide bonds. The average molecular weight is 332 g/mol. The quantitative estimate of drug-likeness (QED) is 0.629. The van der Waals surface area contributed by atoms with Crippen LogP contribution in [0.4, 0.5) is 4.39 Å². The minimum atomic E-state index is -0.532. The van der Waals surface area contributed by atoms with Crippen LogP contribution >= 0.6 is 0 Å². The number of rotatable bonds is 3. The lowest BCUT2D eigenvalue weighted by Crippen LogP contribution is -2.37. The molecule has 0 aromatic carbocycles. The SMILES string of the molecule is CCOC(=O)[C@@H]1[C@H]2CN(C(=O)c3cncc(F)c3)C[C@@H]2C=C[C@@H]1C. The maximum absolute atomic E-state index is 13.3. The molecule has 0 unspecified atom stereocenters. The van der Waals surface area contributed by atoms with Gasteiger partial charge in [0.15, 0.2) is 0 Å². The highest BCUT2D eigenvalue weighted by Gasteiger charge is 2.46. The molecule has 0 spiro atoms. The fraction of sp³-hybridized carbons (Fsp3) is 0.500.